The summed E-state index contributed by atoms with van der Waals surface area (Å²) in [7, 11) is 0. The highest BCUT2D eigenvalue weighted by Crippen LogP contribution is 2.32. The summed E-state index contributed by atoms with van der Waals surface area (Å²) in [5.41, 5.74) is 0. The topological polar surface area (TPSA) is 29.1 Å². The van der Waals surface area contributed by atoms with Gasteiger partial charge in [-0.2, -0.15) is 0 Å². The molecule has 0 aromatic heterocycles. The van der Waals surface area contributed by atoms with Crippen LogP contribution in [0.3, 0.4) is 0 Å². The van der Waals surface area contributed by atoms with Crippen LogP contribution in [0, 0.1) is 11.8 Å². The third kappa shape index (κ3) is 1.74. The molecule has 2 aliphatic rings. The SMILES string of the molecule is Cl.O=C1CC2CCNCC2C1. The molecule has 1 aliphatic heterocycles. The van der Waals surface area contributed by atoms with E-state index in [0.29, 0.717) is 11.7 Å². The number of carbonyl (C=O) groups is 1. The molecule has 64 valence electrons. The van der Waals surface area contributed by atoms with E-state index in [1.54, 1.807) is 0 Å². The molecule has 1 heterocycles. The van der Waals surface area contributed by atoms with Crippen LogP contribution in [0.25, 0.3) is 0 Å². The zero-order valence-electron chi connectivity index (χ0n) is 6.51. The summed E-state index contributed by atoms with van der Waals surface area (Å²) in [5, 5.41) is 3.32. The number of halogens is 1. The summed E-state index contributed by atoms with van der Waals surface area (Å²) in [4.78, 5) is 11.0. The third-order valence-electron chi connectivity index (χ3n) is 2.74. The molecular weight excluding hydrogens is 162 g/mol. The fourth-order valence-electron chi connectivity index (χ4n) is 2.15. The molecule has 1 aliphatic carbocycles. The maximum absolute atomic E-state index is 11.0. The van der Waals surface area contributed by atoms with Gasteiger partial charge in [-0.15, -0.1) is 12.4 Å². The third-order valence-corrected chi connectivity index (χ3v) is 2.74. The van der Waals surface area contributed by atoms with Crippen LogP contribution in [0.15, 0.2) is 0 Å². The Hall–Kier alpha value is -0.0800. The van der Waals surface area contributed by atoms with Gasteiger partial charge in [0, 0.05) is 12.8 Å². The zero-order valence-corrected chi connectivity index (χ0v) is 7.32. The standard InChI is InChI=1S/C8H13NO.ClH/c10-8-3-6-1-2-9-5-7(6)4-8;/h6-7,9H,1-5H2;1H. The second-order valence-corrected chi connectivity index (χ2v) is 3.46. The minimum atomic E-state index is 0. The fourth-order valence-corrected chi connectivity index (χ4v) is 2.15. The highest BCUT2D eigenvalue weighted by atomic mass is 35.5. The molecule has 1 saturated carbocycles. The number of Topliss-reactive ketones (excluding diaryl/α,β-unsaturated/α-hetero) is 1. The molecule has 0 aromatic carbocycles. The minimum Gasteiger partial charge on any atom is -0.316 e. The molecule has 1 saturated heterocycles. The summed E-state index contributed by atoms with van der Waals surface area (Å²) in [6.07, 6.45) is 2.93. The van der Waals surface area contributed by atoms with Crippen LogP contribution in [0.4, 0.5) is 0 Å². The Morgan fingerprint density at radius 3 is 2.73 bits per heavy atom. The van der Waals surface area contributed by atoms with Crippen LogP contribution >= 0.6 is 12.4 Å². The van der Waals surface area contributed by atoms with Crippen molar-refractivity contribution < 1.29 is 4.79 Å². The maximum Gasteiger partial charge on any atom is 0.133 e. The van der Waals surface area contributed by atoms with E-state index in [0.717, 1.165) is 31.8 Å². The number of carbonyl (C=O) groups excluding carboxylic acids is 1. The van der Waals surface area contributed by atoms with E-state index < -0.39 is 0 Å². The molecular formula is C8H14ClNO. The molecule has 2 unspecified atom stereocenters. The van der Waals surface area contributed by atoms with E-state index in [-0.39, 0.29) is 12.4 Å². The Labute approximate surface area is 73.1 Å². The maximum atomic E-state index is 11.0. The summed E-state index contributed by atoms with van der Waals surface area (Å²) in [6, 6.07) is 0. The first-order valence-electron chi connectivity index (χ1n) is 4.08. The largest absolute Gasteiger partial charge is 0.316 e. The van der Waals surface area contributed by atoms with Crippen molar-refractivity contribution in [1.29, 1.82) is 0 Å². The van der Waals surface area contributed by atoms with Gasteiger partial charge in [0.1, 0.15) is 5.78 Å². The lowest BCUT2D eigenvalue weighted by Gasteiger charge is -2.24. The monoisotopic (exact) mass is 175 g/mol. The van der Waals surface area contributed by atoms with Gasteiger partial charge in [-0.25, -0.2) is 0 Å². The summed E-state index contributed by atoms with van der Waals surface area (Å²) in [5.74, 6) is 1.90. The Balaban J connectivity index is 0.000000605. The van der Waals surface area contributed by atoms with Crippen molar-refractivity contribution in [2.24, 2.45) is 11.8 Å². The van der Waals surface area contributed by atoms with E-state index >= 15 is 0 Å². The number of hydrogen-bond donors (Lipinski definition) is 1. The van der Waals surface area contributed by atoms with E-state index in [1.165, 1.54) is 6.42 Å². The first kappa shape index (κ1) is 9.01. The van der Waals surface area contributed by atoms with Gasteiger partial charge in [0.15, 0.2) is 0 Å². The molecule has 3 heteroatoms. The minimum absolute atomic E-state index is 0. The highest BCUT2D eigenvalue weighted by molar-refractivity contribution is 5.85. The molecule has 11 heavy (non-hydrogen) atoms. The summed E-state index contributed by atoms with van der Waals surface area (Å²) in [6.45, 7) is 2.20. The Morgan fingerprint density at radius 2 is 2.00 bits per heavy atom. The van der Waals surface area contributed by atoms with Crippen molar-refractivity contribution in [2.75, 3.05) is 13.1 Å². The zero-order chi connectivity index (χ0) is 6.97. The van der Waals surface area contributed by atoms with Gasteiger partial charge in [-0.05, 0) is 31.3 Å². The lowest BCUT2D eigenvalue weighted by Crippen LogP contribution is -2.33. The van der Waals surface area contributed by atoms with Gasteiger partial charge < -0.3 is 5.32 Å². The van der Waals surface area contributed by atoms with Gasteiger partial charge in [0.25, 0.3) is 0 Å². The van der Waals surface area contributed by atoms with Crippen LogP contribution in [-0.2, 0) is 4.79 Å². The lowest BCUT2D eigenvalue weighted by atomic mass is 9.90. The van der Waals surface area contributed by atoms with Gasteiger partial charge in [0.05, 0.1) is 0 Å². The van der Waals surface area contributed by atoms with Crippen molar-refractivity contribution >= 4 is 18.2 Å². The van der Waals surface area contributed by atoms with Crippen LogP contribution < -0.4 is 5.32 Å². The summed E-state index contributed by atoms with van der Waals surface area (Å²) < 4.78 is 0. The first-order valence-corrected chi connectivity index (χ1v) is 4.08. The molecule has 0 aromatic rings. The second kappa shape index (κ2) is 3.55. The number of piperidine rings is 1. The molecule has 0 radical (unpaired) electrons. The van der Waals surface area contributed by atoms with Crippen LogP contribution in [0.1, 0.15) is 19.3 Å². The normalized spacial score (nSPS) is 36.2. The van der Waals surface area contributed by atoms with Crippen molar-refractivity contribution in [3.63, 3.8) is 0 Å². The Kier molecular flexibility index (Phi) is 2.90. The van der Waals surface area contributed by atoms with Crippen molar-refractivity contribution in [2.45, 2.75) is 19.3 Å². The highest BCUT2D eigenvalue weighted by Gasteiger charge is 2.33. The molecule has 2 nitrogen and oxygen atoms in total. The molecule has 2 rings (SSSR count). The van der Waals surface area contributed by atoms with E-state index in [9.17, 15) is 4.79 Å². The Morgan fingerprint density at radius 1 is 1.27 bits per heavy atom. The predicted molar refractivity (Wildman–Crippen MR) is 46.0 cm³/mol. The number of ketones is 1. The quantitative estimate of drug-likeness (QED) is 0.595. The number of hydrogen-bond acceptors (Lipinski definition) is 2. The average molecular weight is 176 g/mol. The summed E-state index contributed by atoms with van der Waals surface area (Å²) >= 11 is 0. The molecule has 2 fully saturated rings. The van der Waals surface area contributed by atoms with Crippen molar-refractivity contribution in [3.8, 4) is 0 Å². The lowest BCUT2D eigenvalue weighted by molar-refractivity contribution is -0.117. The number of fused-ring (bicyclic) bond motifs is 1. The number of nitrogens with one attached hydrogen (secondary N) is 1. The van der Waals surface area contributed by atoms with Crippen molar-refractivity contribution in [3.05, 3.63) is 0 Å². The van der Waals surface area contributed by atoms with Crippen LogP contribution in [0.2, 0.25) is 0 Å². The van der Waals surface area contributed by atoms with Gasteiger partial charge in [0.2, 0.25) is 0 Å². The van der Waals surface area contributed by atoms with Crippen LogP contribution in [-0.4, -0.2) is 18.9 Å². The predicted octanol–water partition coefficient (Wildman–Crippen LogP) is 0.997. The van der Waals surface area contributed by atoms with E-state index in [1.807, 2.05) is 0 Å². The number of rotatable bonds is 0. The average Bonchev–Trinajstić information content (AvgIpc) is 2.27. The van der Waals surface area contributed by atoms with Crippen LogP contribution in [0.5, 0.6) is 0 Å². The molecule has 0 amide bonds. The van der Waals surface area contributed by atoms with Gasteiger partial charge in [-0.3, -0.25) is 4.79 Å². The molecule has 1 N–H and O–H groups in total. The van der Waals surface area contributed by atoms with E-state index in [2.05, 4.69) is 5.32 Å². The fraction of sp³-hybridized carbons (Fsp3) is 0.875. The first-order chi connectivity index (χ1) is 4.86. The van der Waals surface area contributed by atoms with Crippen molar-refractivity contribution in [1.82, 2.24) is 5.32 Å². The van der Waals surface area contributed by atoms with Gasteiger partial charge >= 0.3 is 0 Å². The van der Waals surface area contributed by atoms with E-state index in [4.69, 9.17) is 0 Å². The molecule has 0 spiro atoms. The Bertz CT molecular complexity index is 144. The molecule has 2 atom stereocenters. The smallest absolute Gasteiger partial charge is 0.133 e. The molecule has 0 bridgehead atoms. The second-order valence-electron chi connectivity index (χ2n) is 3.46. The van der Waals surface area contributed by atoms with Gasteiger partial charge in [-0.1, -0.05) is 0 Å².